The minimum atomic E-state index is -0.593. The van der Waals surface area contributed by atoms with E-state index in [2.05, 4.69) is 26.5 Å². The van der Waals surface area contributed by atoms with Crippen molar-refractivity contribution in [2.24, 2.45) is 5.10 Å². The maximum atomic E-state index is 13.4. The molecule has 0 fully saturated rings. The molecule has 0 unspecified atom stereocenters. The van der Waals surface area contributed by atoms with Gasteiger partial charge in [-0.3, -0.25) is 4.79 Å². The molecule has 0 heterocycles. The molecule has 0 radical (unpaired) electrons. The molecule has 5 heteroatoms. The Labute approximate surface area is 130 Å². The summed E-state index contributed by atoms with van der Waals surface area (Å²) in [6.07, 6.45) is 3.28. The number of rotatable bonds is 4. The van der Waals surface area contributed by atoms with Crippen molar-refractivity contribution in [3.05, 3.63) is 76.0 Å². The van der Waals surface area contributed by atoms with Crippen LogP contribution in [0.5, 0.6) is 0 Å². The van der Waals surface area contributed by atoms with Gasteiger partial charge < -0.3 is 0 Å². The van der Waals surface area contributed by atoms with E-state index in [1.165, 1.54) is 24.4 Å². The molecule has 0 saturated heterocycles. The highest BCUT2D eigenvalue weighted by Gasteiger charge is 2.08. The fourth-order valence-corrected chi connectivity index (χ4v) is 1.97. The summed E-state index contributed by atoms with van der Waals surface area (Å²) >= 11 is 3.32. The Kier molecular flexibility index (Phi) is 5.40. The average molecular weight is 347 g/mol. The van der Waals surface area contributed by atoms with E-state index in [-0.39, 0.29) is 5.56 Å². The lowest BCUT2D eigenvalue weighted by Gasteiger charge is -2.00. The van der Waals surface area contributed by atoms with E-state index in [0.29, 0.717) is 4.48 Å². The van der Waals surface area contributed by atoms with Crippen molar-refractivity contribution in [1.29, 1.82) is 0 Å². The van der Waals surface area contributed by atoms with E-state index in [1.54, 1.807) is 6.07 Å². The van der Waals surface area contributed by atoms with Gasteiger partial charge in [-0.1, -0.05) is 42.5 Å². The molecule has 2 aromatic rings. The van der Waals surface area contributed by atoms with Crippen molar-refractivity contribution in [2.75, 3.05) is 0 Å². The number of carbonyl (C=O) groups excluding carboxylic acids is 1. The number of amides is 1. The molecule has 3 nitrogen and oxygen atoms in total. The van der Waals surface area contributed by atoms with Gasteiger partial charge in [0.05, 0.1) is 11.8 Å². The molecule has 0 aliphatic heterocycles. The number of hydrazone groups is 1. The fourth-order valence-electron chi connectivity index (χ4n) is 1.60. The first-order valence-corrected chi connectivity index (χ1v) is 6.96. The number of nitrogens with zero attached hydrogens (tertiary/aromatic N) is 1. The third-order valence-electron chi connectivity index (χ3n) is 2.58. The van der Waals surface area contributed by atoms with Gasteiger partial charge in [-0.15, -0.1) is 0 Å². The third kappa shape index (κ3) is 4.65. The summed E-state index contributed by atoms with van der Waals surface area (Å²) in [5.41, 5.74) is 3.23. The third-order valence-corrected chi connectivity index (χ3v) is 3.01. The molecule has 106 valence electrons. The average Bonchev–Trinajstić information content (AvgIpc) is 2.48. The second kappa shape index (κ2) is 7.50. The zero-order chi connectivity index (χ0) is 15.1. The predicted molar refractivity (Wildman–Crippen MR) is 85.7 cm³/mol. The monoisotopic (exact) mass is 346 g/mol. The van der Waals surface area contributed by atoms with Gasteiger partial charge in [0, 0.05) is 4.48 Å². The van der Waals surface area contributed by atoms with Crippen molar-refractivity contribution in [2.45, 2.75) is 0 Å². The summed E-state index contributed by atoms with van der Waals surface area (Å²) < 4.78 is 14.1. The molecule has 0 spiro atoms. The Hall–Kier alpha value is -2.27. The highest BCUT2D eigenvalue weighted by molar-refractivity contribution is 9.12. The van der Waals surface area contributed by atoms with Crippen LogP contribution in [0.15, 0.2) is 64.2 Å². The maximum Gasteiger partial charge on any atom is 0.274 e. The van der Waals surface area contributed by atoms with E-state index < -0.39 is 11.7 Å². The molecule has 0 aliphatic rings. The van der Waals surface area contributed by atoms with Gasteiger partial charge in [-0.25, -0.2) is 9.82 Å². The van der Waals surface area contributed by atoms with Crippen LogP contribution in [0.3, 0.4) is 0 Å². The van der Waals surface area contributed by atoms with Gasteiger partial charge in [0.25, 0.3) is 5.91 Å². The quantitative estimate of drug-likeness (QED) is 0.660. The van der Waals surface area contributed by atoms with Crippen molar-refractivity contribution in [3.63, 3.8) is 0 Å². The van der Waals surface area contributed by atoms with E-state index in [0.717, 1.165) is 5.56 Å². The van der Waals surface area contributed by atoms with Gasteiger partial charge in [0.1, 0.15) is 5.82 Å². The van der Waals surface area contributed by atoms with Crippen molar-refractivity contribution < 1.29 is 9.18 Å². The molecule has 0 aromatic heterocycles. The Balaban J connectivity index is 1.98. The minimum absolute atomic E-state index is 0.0437. The van der Waals surface area contributed by atoms with E-state index >= 15 is 0 Å². The first kappa shape index (κ1) is 15.1. The number of carbonyl (C=O) groups is 1. The Bertz CT molecular complexity index is 684. The summed E-state index contributed by atoms with van der Waals surface area (Å²) in [5.74, 6) is -1.17. The van der Waals surface area contributed by atoms with Crippen LogP contribution in [0.2, 0.25) is 0 Å². The van der Waals surface area contributed by atoms with Crippen LogP contribution >= 0.6 is 15.9 Å². The summed E-state index contributed by atoms with van der Waals surface area (Å²) in [4.78, 5) is 11.7. The number of benzene rings is 2. The first-order chi connectivity index (χ1) is 10.2. The molecule has 1 N–H and O–H groups in total. The van der Waals surface area contributed by atoms with Crippen molar-refractivity contribution >= 4 is 34.1 Å². The van der Waals surface area contributed by atoms with Crippen LogP contribution in [-0.2, 0) is 0 Å². The summed E-state index contributed by atoms with van der Waals surface area (Å²) in [7, 11) is 0. The first-order valence-electron chi connectivity index (χ1n) is 6.17. The lowest BCUT2D eigenvalue weighted by molar-refractivity contribution is 0.0951. The molecule has 0 atom stereocenters. The van der Waals surface area contributed by atoms with Crippen LogP contribution in [0, 0.1) is 5.82 Å². The predicted octanol–water partition coefficient (Wildman–Crippen LogP) is 3.98. The van der Waals surface area contributed by atoms with Gasteiger partial charge in [0.2, 0.25) is 0 Å². The normalized spacial score (nSPS) is 11.6. The molecular formula is C16H12BrFN2O. The smallest absolute Gasteiger partial charge is 0.267 e. The molecule has 0 bridgehead atoms. The molecule has 0 aliphatic carbocycles. The lowest BCUT2D eigenvalue weighted by atomic mass is 10.2. The van der Waals surface area contributed by atoms with Gasteiger partial charge >= 0.3 is 0 Å². The zero-order valence-electron chi connectivity index (χ0n) is 11.0. The summed E-state index contributed by atoms with van der Waals surface area (Å²) in [6, 6.07) is 15.4. The van der Waals surface area contributed by atoms with Gasteiger partial charge in [-0.05, 0) is 39.7 Å². The largest absolute Gasteiger partial charge is 0.274 e. The molecule has 0 saturated carbocycles. The summed E-state index contributed by atoms with van der Waals surface area (Å²) in [6.45, 7) is 0. The van der Waals surface area contributed by atoms with E-state index in [9.17, 15) is 9.18 Å². The molecule has 21 heavy (non-hydrogen) atoms. The lowest BCUT2D eigenvalue weighted by Crippen LogP contribution is -2.18. The fraction of sp³-hybridized carbons (Fsp3) is 0. The number of allylic oxidation sites excluding steroid dienone is 1. The van der Waals surface area contributed by atoms with Crippen molar-refractivity contribution in [3.8, 4) is 0 Å². The Morgan fingerprint density at radius 3 is 2.48 bits per heavy atom. The molecule has 1 amide bonds. The van der Waals surface area contributed by atoms with E-state index in [4.69, 9.17) is 0 Å². The topological polar surface area (TPSA) is 41.5 Å². The van der Waals surface area contributed by atoms with E-state index in [1.807, 2.05) is 36.4 Å². The molecule has 2 aromatic carbocycles. The highest BCUT2D eigenvalue weighted by atomic mass is 79.9. The van der Waals surface area contributed by atoms with Gasteiger partial charge in [-0.2, -0.15) is 5.10 Å². The number of halogens is 2. The minimum Gasteiger partial charge on any atom is -0.267 e. The number of hydrogen-bond acceptors (Lipinski definition) is 2. The van der Waals surface area contributed by atoms with Crippen LogP contribution in [0.25, 0.3) is 6.08 Å². The SMILES string of the molecule is O=C(NN=C/C(Br)=C/c1ccccc1)c1ccccc1F. The van der Waals surface area contributed by atoms with Crippen LogP contribution in [0.4, 0.5) is 4.39 Å². The Morgan fingerprint density at radius 1 is 1.10 bits per heavy atom. The molecular weight excluding hydrogens is 335 g/mol. The summed E-state index contributed by atoms with van der Waals surface area (Å²) in [5, 5.41) is 3.78. The highest BCUT2D eigenvalue weighted by Crippen LogP contribution is 2.10. The Morgan fingerprint density at radius 2 is 1.76 bits per heavy atom. The van der Waals surface area contributed by atoms with Crippen molar-refractivity contribution in [1.82, 2.24) is 5.43 Å². The maximum absolute atomic E-state index is 13.4. The van der Waals surface area contributed by atoms with Crippen LogP contribution in [-0.4, -0.2) is 12.1 Å². The molecule has 2 rings (SSSR count). The second-order valence-electron chi connectivity index (χ2n) is 4.12. The van der Waals surface area contributed by atoms with Crippen LogP contribution < -0.4 is 5.43 Å². The van der Waals surface area contributed by atoms with Crippen LogP contribution in [0.1, 0.15) is 15.9 Å². The number of hydrogen-bond donors (Lipinski definition) is 1. The standard InChI is InChI=1S/C16H12BrFN2O/c17-13(10-12-6-2-1-3-7-12)11-19-20-16(21)14-8-4-5-9-15(14)18/h1-11H,(H,20,21)/b13-10-,19-11?. The second-order valence-corrected chi connectivity index (χ2v) is 5.03. The zero-order valence-corrected chi connectivity index (χ0v) is 12.5. The number of nitrogens with one attached hydrogen (secondary N) is 1. The van der Waals surface area contributed by atoms with Gasteiger partial charge in [0.15, 0.2) is 0 Å².